The van der Waals surface area contributed by atoms with Gasteiger partial charge in [-0.05, 0) is 31.2 Å². The lowest BCUT2D eigenvalue weighted by molar-refractivity contribution is -0.125. The first-order valence-electron chi connectivity index (χ1n) is 5.90. The fourth-order valence-electron chi connectivity index (χ4n) is 1.83. The van der Waals surface area contributed by atoms with Crippen molar-refractivity contribution >= 4 is 21.6 Å². The van der Waals surface area contributed by atoms with E-state index >= 15 is 0 Å². The SMILES string of the molecule is CNS(=O)(=O)c1ccc2c(c1)NC(=O)C(C(C)C)O2. The molecule has 1 heterocycles. The van der Waals surface area contributed by atoms with E-state index in [0.29, 0.717) is 11.4 Å². The van der Waals surface area contributed by atoms with Gasteiger partial charge in [-0.25, -0.2) is 13.1 Å². The smallest absolute Gasteiger partial charge is 0.265 e. The predicted molar refractivity (Wildman–Crippen MR) is 70.6 cm³/mol. The Hall–Kier alpha value is -1.60. The number of fused-ring (bicyclic) bond motifs is 1. The summed E-state index contributed by atoms with van der Waals surface area (Å²) in [5.74, 6) is 0.253. The monoisotopic (exact) mass is 284 g/mol. The minimum absolute atomic E-state index is 0.0360. The Morgan fingerprint density at radius 2 is 2.05 bits per heavy atom. The standard InChI is InChI=1S/C12H16N2O4S/c1-7(2)11-12(15)14-9-6-8(19(16,17)13-3)4-5-10(9)18-11/h4-7,11,13H,1-3H3,(H,14,15). The topological polar surface area (TPSA) is 84.5 Å². The predicted octanol–water partition coefficient (Wildman–Crippen LogP) is 0.950. The number of nitrogens with one attached hydrogen (secondary N) is 2. The Morgan fingerprint density at radius 3 is 2.63 bits per heavy atom. The number of benzene rings is 1. The number of ether oxygens (including phenoxy) is 1. The van der Waals surface area contributed by atoms with Gasteiger partial charge in [0.2, 0.25) is 10.0 Å². The summed E-state index contributed by atoms with van der Waals surface area (Å²) in [6.07, 6.45) is -0.556. The highest BCUT2D eigenvalue weighted by molar-refractivity contribution is 7.89. The van der Waals surface area contributed by atoms with Gasteiger partial charge in [-0.3, -0.25) is 4.79 Å². The van der Waals surface area contributed by atoms with Crippen LogP contribution in [0, 0.1) is 5.92 Å². The van der Waals surface area contributed by atoms with Gasteiger partial charge in [-0.15, -0.1) is 0 Å². The van der Waals surface area contributed by atoms with Gasteiger partial charge in [0.15, 0.2) is 6.10 Å². The highest BCUT2D eigenvalue weighted by Gasteiger charge is 2.30. The highest BCUT2D eigenvalue weighted by Crippen LogP contribution is 2.33. The van der Waals surface area contributed by atoms with Gasteiger partial charge < -0.3 is 10.1 Å². The van der Waals surface area contributed by atoms with Gasteiger partial charge in [-0.1, -0.05) is 13.8 Å². The Bertz CT molecular complexity index is 610. The molecule has 19 heavy (non-hydrogen) atoms. The summed E-state index contributed by atoms with van der Waals surface area (Å²) >= 11 is 0. The highest BCUT2D eigenvalue weighted by atomic mass is 32.2. The second-order valence-corrected chi connectivity index (χ2v) is 6.52. The van der Waals surface area contributed by atoms with E-state index in [9.17, 15) is 13.2 Å². The van der Waals surface area contributed by atoms with Crippen LogP contribution in [-0.2, 0) is 14.8 Å². The number of amides is 1. The molecule has 0 aliphatic carbocycles. The van der Waals surface area contributed by atoms with Crippen LogP contribution >= 0.6 is 0 Å². The molecule has 0 bridgehead atoms. The molecule has 6 nitrogen and oxygen atoms in total. The molecular formula is C12H16N2O4S. The molecule has 0 fully saturated rings. The van der Waals surface area contributed by atoms with Gasteiger partial charge in [0.1, 0.15) is 5.75 Å². The fraction of sp³-hybridized carbons (Fsp3) is 0.417. The van der Waals surface area contributed by atoms with Crippen LogP contribution in [0.3, 0.4) is 0 Å². The molecule has 1 amide bonds. The number of rotatable bonds is 3. The third-order valence-electron chi connectivity index (χ3n) is 2.91. The van der Waals surface area contributed by atoms with Crippen molar-refractivity contribution in [3.8, 4) is 5.75 Å². The summed E-state index contributed by atoms with van der Waals surface area (Å²) in [5.41, 5.74) is 0.373. The van der Waals surface area contributed by atoms with Crippen LogP contribution in [0.2, 0.25) is 0 Å². The van der Waals surface area contributed by atoms with Crippen molar-refractivity contribution in [2.75, 3.05) is 12.4 Å². The van der Waals surface area contributed by atoms with Crippen molar-refractivity contribution in [3.05, 3.63) is 18.2 Å². The molecule has 1 aliphatic rings. The Balaban J connectivity index is 2.40. The van der Waals surface area contributed by atoms with Crippen LogP contribution in [0.5, 0.6) is 5.75 Å². The minimum atomic E-state index is -3.54. The van der Waals surface area contributed by atoms with Crippen LogP contribution in [0.4, 0.5) is 5.69 Å². The molecule has 0 radical (unpaired) electrons. The van der Waals surface area contributed by atoms with E-state index in [-0.39, 0.29) is 16.7 Å². The average molecular weight is 284 g/mol. The number of hydrogen-bond acceptors (Lipinski definition) is 4. The molecule has 1 aliphatic heterocycles. The van der Waals surface area contributed by atoms with Gasteiger partial charge in [0, 0.05) is 0 Å². The number of sulfonamides is 1. The van der Waals surface area contributed by atoms with E-state index in [4.69, 9.17) is 4.74 Å². The van der Waals surface area contributed by atoms with E-state index in [1.165, 1.54) is 19.2 Å². The van der Waals surface area contributed by atoms with Crippen LogP contribution in [0.1, 0.15) is 13.8 Å². The lowest BCUT2D eigenvalue weighted by atomic mass is 10.0. The molecule has 1 aromatic rings. The van der Waals surface area contributed by atoms with E-state index in [1.54, 1.807) is 6.07 Å². The molecule has 0 saturated carbocycles. The molecule has 0 saturated heterocycles. The summed E-state index contributed by atoms with van der Waals surface area (Å²) < 4.78 is 31.2. The minimum Gasteiger partial charge on any atom is -0.478 e. The Kier molecular flexibility index (Phi) is 3.51. The molecular weight excluding hydrogens is 268 g/mol. The van der Waals surface area contributed by atoms with Crippen molar-refractivity contribution in [3.63, 3.8) is 0 Å². The number of hydrogen-bond donors (Lipinski definition) is 2. The molecule has 0 aromatic heterocycles. The average Bonchev–Trinajstić information content (AvgIpc) is 2.36. The molecule has 104 valence electrons. The van der Waals surface area contributed by atoms with Crippen LogP contribution in [0.15, 0.2) is 23.1 Å². The molecule has 1 atom stereocenters. The zero-order valence-electron chi connectivity index (χ0n) is 10.9. The van der Waals surface area contributed by atoms with Crippen molar-refractivity contribution in [1.29, 1.82) is 0 Å². The summed E-state index contributed by atoms with van der Waals surface area (Å²) in [4.78, 5) is 11.9. The lowest BCUT2D eigenvalue weighted by Gasteiger charge is -2.28. The van der Waals surface area contributed by atoms with Gasteiger partial charge in [0.05, 0.1) is 10.6 Å². The van der Waals surface area contributed by atoms with Crippen LogP contribution in [-0.4, -0.2) is 27.5 Å². The Morgan fingerprint density at radius 1 is 1.37 bits per heavy atom. The van der Waals surface area contributed by atoms with Crippen molar-refractivity contribution in [2.45, 2.75) is 24.8 Å². The number of carbonyl (C=O) groups excluding carboxylic acids is 1. The maximum absolute atomic E-state index is 11.8. The molecule has 2 rings (SSSR count). The first-order valence-corrected chi connectivity index (χ1v) is 7.38. The van der Waals surface area contributed by atoms with E-state index < -0.39 is 16.1 Å². The van der Waals surface area contributed by atoms with Gasteiger partial charge >= 0.3 is 0 Å². The van der Waals surface area contributed by atoms with Gasteiger partial charge in [-0.2, -0.15) is 0 Å². The maximum atomic E-state index is 11.8. The largest absolute Gasteiger partial charge is 0.478 e. The van der Waals surface area contributed by atoms with Gasteiger partial charge in [0.25, 0.3) is 5.91 Å². The van der Waals surface area contributed by atoms with Crippen molar-refractivity contribution < 1.29 is 17.9 Å². The number of carbonyl (C=O) groups is 1. The third-order valence-corrected chi connectivity index (χ3v) is 4.32. The third kappa shape index (κ3) is 2.57. The summed E-state index contributed by atoms with van der Waals surface area (Å²) in [6.45, 7) is 3.77. The second kappa shape index (κ2) is 4.82. The molecule has 0 spiro atoms. The van der Waals surface area contributed by atoms with E-state index in [2.05, 4.69) is 10.0 Å². The van der Waals surface area contributed by atoms with E-state index in [1.807, 2.05) is 13.8 Å². The first-order chi connectivity index (χ1) is 8.85. The molecule has 1 unspecified atom stereocenters. The zero-order chi connectivity index (χ0) is 14.2. The lowest BCUT2D eigenvalue weighted by Crippen LogP contribution is -2.40. The first kappa shape index (κ1) is 13.8. The number of anilines is 1. The summed E-state index contributed by atoms with van der Waals surface area (Å²) in [7, 11) is -2.20. The van der Waals surface area contributed by atoms with Crippen molar-refractivity contribution in [2.24, 2.45) is 5.92 Å². The van der Waals surface area contributed by atoms with Crippen molar-refractivity contribution in [1.82, 2.24) is 4.72 Å². The fourth-order valence-corrected chi connectivity index (χ4v) is 2.58. The Labute approximate surface area is 112 Å². The molecule has 1 aromatic carbocycles. The normalized spacial score (nSPS) is 18.7. The summed E-state index contributed by atoms with van der Waals surface area (Å²) in [5, 5.41) is 2.67. The molecule has 7 heteroatoms. The second-order valence-electron chi connectivity index (χ2n) is 4.64. The van der Waals surface area contributed by atoms with E-state index in [0.717, 1.165) is 0 Å². The quantitative estimate of drug-likeness (QED) is 0.865. The van der Waals surface area contributed by atoms with Crippen LogP contribution in [0.25, 0.3) is 0 Å². The summed E-state index contributed by atoms with van der Waals surface area (Å²) in [6, 6.07) is 4.38. The maximum Gasteiger partial charge on any atom is 0.265 e. The molecule has 2 N–H and O–H groups in total. The zero-order valence-corrected chi connectivity index (χ0v) is 11.7. The van der Waals surface area contributed by atoms with Crippen LogP contribution < -0.4 is 14.8 Å².